The zero-order valence-electron chi connectivity index (χ0n) is 13.2. The number of amides is 1. The molecule has 0 aliphatic carbocycles. The summed E-state index contributed by atoms with van der Waals surface area (Å²) >= 11 is 0. The monoisotopic (exact) mass is 345 g/mol. The van der Waals surface area contributed by atoms with E-state index in [-0.39, 0.29) is 16.9 Å². The van der Waals surface area contributed by atoms with Crippen LogP contribution >= 0.6 is 0 Å². The molecule has 4 nitrogen and oxygen atoms in total. The van der Waals surface area contributed by atoms with E-state index in [1.54, 1.807) is 37.4 Å². The minimum Gasteiger partial charge on any atom is -0.321 e. The molecule has 0 aliphatic heterocycles. The van der Waals surface area contributed by atoms with Gasteiger partial charge in [-0.25, -0.2) is 0 Å². The second kappa shape index (κ2) is 6.43. The van der Waals surface area contributed by atoms with Crippen molar-refractivity contribution in [3.63, 3.8) is 0 Å². The number of carbonyl (C=O) groups excluding carboxylic acids is 1. The van der Waals surface area contributed by atoms with Crippen LogP contribution in [-0.2, 0) is 13.2 Å². The third kappa shape index (κ3) is 3.55. The van der Waals surface area contributed by atoms with Crippen LogP contribution in [0.3, 0.4) is 0 Å². The average Bonchev–Trinajstić information content (AvgIpc) is 3.01. The van der Waals surface area contributed by atoms with E-state index < -0.39 is 17.6 Å². The quantitative estimate of drug-likeness (QED) is 0.767. The largest absolute Gasteiger partial charge is 0.417 e. The van der Waals surface area contributed by atoms with Crippen LogP contribution in [0.2, 0.25) is 0 Å². The van der Waals surface area contributed by atoms with Crippen LogP contribution in [-0.4, -0.2) is 15.7 Å². The van der Waals surface area contributed by atoms with Gasteiger partial charge >= 0.3 is 6.18 Å². The maximum atomic E-state index is 13.5. The molecule has 0 fully saturated rings. The second-order valence-electron chi connectivity index (χ2n) is 5.42. The lowest BCUT2D eigenvalue weighted by Crippen LogP contribution is -2.17. The maximum absolute atomic E-state index is 13.5. The molecule has 1 heterocycles. The van der Waals surface area contributed by atoms with Crippen LogP contribution < -0.4 is 5.32 Å². The van der Waals surface area contributed by atoms with E-state index in [9.17, 15) is 18.0 Å². The van der Waals surface area contributed by atoms with Gasteiger partial charge in [-0.2, -0.15) is 18.3 Å². The predicted octanol–water partition coefficient (Wildman–Crippen LogP) is 4.36. The minimum absolute atomic E-state index is 0.0617. The smallest absolute Gasteiger partial charge is 0.321 e. The van der Waals surface area contributed by atoms with Gasteiger partial charge in [0.2, 0.25) is 0 Å². The molecule has 2 aromatic carbocycles. The van der Waals surface area contributed by atoms with E-state index in [1.165, 1.54) is 29.1 Å². The van der Waals surface area contributed by atoms with Crippen LogP contribution in [0, 0.1) is 0 Å². The Balaban J connectivity index is 1.98. The number of nitrogens with zero attached hydrogens (tertiary/aromatic N) is 2. The fourth-order valence-corrected chi connectivity index (χ4v) is 2.52. The molecule has 0 bridgehead atoms. The summed E-state index contributed by atoms with van der Waals surface area (Å²) in [6, 6.07) is 13.5. The van der Waals surface area contributed by atoms with Crippen molar-refractivity contribution in [3.05, 3.63) is 72.1 Å². The highest BCUT2D eigenvalue weighted by Gasteiger charge is 2.34. The summed E-state index contributed by atoms with van der Waals surface area (Å²) in [7, 11) is 1.58. The van der Waals surface area contributed by atoms with Gasteiger partial charge in [0.25, 0.3) is 5.91 Å². The first-order valence-electron chi connectivity index (χ1n) is 7.42. The van der Waals surface area contributed by atoms with Crippen molar-refractivity contribution in [1.82, 2.24) is 9.78 Å². The zero-order chi connectivity index (χ0) is 18.0. The Kier molecular flexibility index (Phi) is 4.31. The first kappa shape index (κ1) is 16.8. The first-order chi connectivity index (χ1) is 11.9. The standard InChI is InChI=1S/C18H14F3N3O/c1-24-16(9-10-22-24)17(25)23-13-7-8-14(12-5-3-2-4-6-12)15(11-13)18(19,20)21/h2-11H,1H3,(H,23,25). The van der Waals surface area contributed by atoms with E-state index in [0.717, 1.165) is 6.07 Å². The Morgan fingerprint density at radius 1 is 1.08 bits per heavy atom. The summed E-state index contributed by atoms with van der Waals surface area (Å²) in [5.41, 5.74) is 0.0337. The second-order valence-corrected chi connectivity index (χ2v) is 5.42. The predicted molar refractivity (Wildman–Crippen MR) is 88.0 cm³/mol. The van der Waals surface area contributed by atoms with Gasteiger partial charge in [0.15, 0.2) is 0 Å². The van der Waals surface area contributed by atoms with Gasteiger partial charge in [0, 0.05) is 18.9 Å². The van der Waals surface area contributed by atoms with Gasteiger partial charge in [-0.15, -0.1) is 0 Å². The fourth-order valence-electron chi connectivity index (χ4n) is 2.52. The molecular weight excluding hydrogens is 331 g/mol. The molecule has 7 heteroatoms. The molecule has 1 aromatic heterocycles. The molecule has 0 saturated heterocycles. The van der Waals surface area contributed by atoms with Gasteiger partial charge in [-0.05, 0) is 29.3 Å². The first-order valence-corrected chi connectivity index (χ1v) is 7.42. The van der Waals surface area contributed by atoms with Crippen LogP contribution in [0.25, 0.3) is 11.1 Å². The summed E-state index contributed by atoms with van der Waals surface area (Å²) in [6.07, 6.45) is -3.10. The lowest BCUT2D eigenvalue weighted by atomic mass is 9.98. The van der Waals surface area contributed by atoms with Crippen LogP contribution in [0.4, 0.5) is 18.9 Å². The number of anilines is 1. The van der Waals surface area contributed by atoms with Gasteiger partial charge in [0.1, 0.15) is 5.69 Å². The van der Waals surface area contributed by atoms with Gasteiger partial charge < -0.3 is 5.32 Å². The van der Waals surface area contributed by atoms with Gasteiger partial charge in [0.05, 0.1) is 5.56 Å². The Bertz CT molecular complexity index is 901. The molecule has 0 aliphatic rings. The van der Waals surface area contributed by atoms with Gasteiger partial charge in [-0.1, -0.05) is 36.4 Å². The molecule has 128 valence electrons. The van der Waals surface area contributed by atoms with Gasteiger partial charge in [-0.3, -0.25) is 9.48 Å². The summed E-state index contributed by atoms with van der Waals surface area (Å²) < 4.78 is 41.7. The highest BCUT2D eigenvalue weighted by Crippen LogP contribution is 2.38. The molecule has 3 rings (SSSR count). The normalized spacial score (nSPS) is 11.4. The number of alkyl halides is 3. The lowest BCUT2D eigenvalue weighted by Gasteiger charge is -2.15. The van der Waals surface area contributed by atoms with E-state index >= 15 is 0 Å². The van der Waals surface area contributed by atoms with Crippen molar-refractivity contribution in [2.75, 3.05) is 5.32 Å². The third-order valence-electron chi connectivity index (χ3n) is 3.72. The van der Waals surface area contributed by atoms with Crippen LogP contribution in [0.5, 0.6) is 0 Å². The molecule has 0 spiro atoms. The SMILES string of the molecule is Cn1nccc1C(=O)Nc1ccc(-c2ccccc2)c(C(F)(F)F)c1. The van der Waals surface area contributed by atoms with Crippen molar-refractivity contribution in [3.8, 4) is 11.1 Å². The molecule has 1 N–H and O–H groups in total. The number of aromatic nitrogens is 2. The fraction of sp³-hybridized carbons (Fsp3) is 0.111. The van der Waals surface area contributed by atoms with E-state index in [2.05, 4.69) is 10.4 Å². The molecule has 0 radical (unpaired) electrons. The summed E-state index contributed by atoms with van der Waals surface area (Å²) in [4.78, 5) is 12.2. The number of hydrogen-bond acceptors (Lipinski definition) is 2. The molecule has 0 unspecified atom stereocenters. The highest BCUT2D eigenvalue weighted by atomic mass is 19.4. The minimum atomic E-state index is -4.54. The van der Waals surface area contributed by atoms with Crippen LogP contribution in [0.1, 0.15) is 16.1 Å². The van der Waals surface area contributed by atoms with Crippen molar-refractivity contribution in [2.45, 2.75) is 6.18 Å². The zero-order valence-corrected chi connectivity index (χ0v) is 13.2. The molecule has 25 heavy (non-hydrogen) atoms. The van der Waals surface area contributed by atoms with E-state index in [0.29, 0.717) is 5.56 Å². The highest BCUT2D eigenvalue weighted by molar-refractivity contribution is 6.03. The number of nitrogens with one attached hydrogen (secondary N) is 1. The summed E-state index contributed by atoms with van der Waals surface area (Å²) in [5, 5.41) is 6.34. The third-order valence-corrected chi connectivity index (χ3v) is 3.72. The Morgan fingerprint density at radius 2 is 1.80 bits per heavy atom. The molecule has 1 amide bonds. The van der Waals surface area contributed by atoms with Crippen molar-refractivity contribution in [2.24, 2.45) is 7.05 Å². The van der Waals surface area contributed by atoms with Crippen molar-refractivity contribution in [1.29, 1.82) is 0 Å². The number of rotatable bonds is 3. The lowest BCUT2D eigenvalue weighted by molar-refractivity contribution is -0.137. The van der Waals surface area contributed by atoms with Crippen molar-refractivity contribution >= 4 is 11.6 Å². The summed E-state index contributed by atoms with van der Waals surface area (Å²) in [6.45, 7) is 0. The molecular formula is C18H14F3N3O. The average molecular weight is 345 g/mol. The number of halogens is 3. The van der Waals surface area contributed by atoms with E-state index in [4.69, 9.17) is 0 Å². The van der Waals surface area contributed by atoms with Crippen LogP contribution in [0.15, 0.2) is 60.8 Å². The Labute approximate surface area is 141 Å². The van der Waals surface area contributed by atoms with E-state index in [1.807, 2.05) is 0 Å². The maximum Gasteiger partial charge on any atom is 0.417 e. The molecule has 0 saturated carbocycles. The molecule has 0 atom stereocenters. The topological polar surface area (TPSA) is 46.9 Å². The Morgan fingerprint density at radius 3 is 2.40 bits per heavy atom. The Hall–Kier alpha value is -3.09. The number of hydrogen-bond donors (Lipinski definition) is 1. The number of benzene rings is 2. The molecule has 3 aromatic rings. The number of aryl methyl sites for hydroxylation is 1. The number of carbonyl (C=O) groups is 1. The summed E-state index contributed by atoms with van der Waals surface area (Å²) in [5.74, 6) is -0.527. The van der Waals surface area contributed by atoms with Crippen molar-refractivity contribution < 1.29 is 18.0 Å².